The lowest BCUT2D eigenvalue weighted by molar-refractivity contribution is 0.256. The highest BCUT2D eigenvalue weighted by atomic mass is 79.9. The van der Waals surface area contributed by atoms with E-state index >= 15 is 0 Å². The van der Waals surface area contributed by atoms with E-state index in [0.717, 1.165) is 4.47 Å². The van der Waals surface area contributed by atoms with Crippen molar-refractivity contribution in [3.8, 4) is 0 Å². The van der Waals surface area contributed by atoms with E-state index in [1.165, 1.54) is 24.0 Å². The van der Waals surface area contributed by atoms with Gasteiger partial charge in [0.1, 0.15) is 0 Å². The highest BCUT2D eigenvalue weighted by molar-refractivity contribution is 9.10. The van der Waals surface area contributed by atoms with Gasteiger partial charge in [-0.15, -0.1) is 0 Å². The number of hydrogen-bond donors (Lipinski definition) is 0. The van der Waals surface area contributed by atoms with Crippen LogP contribution in [0, 0.1) is 11.3 Å². The molecule has 0 bridgehead atoms. The first-order valence-corrected chi connectivity index (χ1v) is 7.24. The fraction of sp³-hybridized carbons (Fsp3) is 0.438. The van der Waals surface area contributed by atoms with Crippen molar-refractivity contribution in [2.45, 2.75) is 33.6 Å². The van der Waals surface area contributed by atoms with Gasteiger partial charge in [-0.25, -0.2) is 0 Å². The van der Waals surface area contributed by atoms with E-state index in [9.17, 15) is 0 Å². The molecule has 0 radical (unpaired) electrons. The summed E-state index contributed by atoms with van der Waals surface area (Å²) in [5.41, 5.74) is 3.04. The molecule has 2 heteroatoms. The summed E-state index contributed by atoms with van der Waals surface area (Å²) in [6.07, 6.45) is 13.1. The van der Waals surface area contributed by atoms with Gasteiger partial charge in [-0.1, -0.05) is 37.6 Å². The van der Waals surface area contributed by atoms with Gasteiger partial charge in [0.05, 0.1) is 0 Å². The van der Waals surface area contributed by atoms with E-state index in [0.29, 0.717) is 11.3 Å². The quantitative estimate of drug-likeness (QED) is 0.681. The van der Waals surface area contributed by atoms with E-state index < -0.39 is 0 Å². The smallest absolute Gasteiger partial charge is 0.0431 e. The molecule has 2 rings (SSSR count). The third kappa shape index (κ3) is 2.92. The Balaban J connectivity index is 2.25. The summed E-state index contributed by atoms with van der Waals surface area (Å²) in [7, 11) is 0. The second kappa shape index (κ2) is 5.40. The van der Waals surface area contributed by atoms with Crippen LogP contribution in [0.25, 0.3) is 6.08 Å². The molecule has 0 saturated carbocycles. The summed E-state index contributed by atoms with van der Waals surface area (Å²) in [6.45, 7) is 6.97. The number of hydrogen-bond acceptors (Lipinski definition) is 1. The number of halogens is 1. The van der Waals surface area contributed by atoms with Crippen LogP contribution in [0.2, 0.25) is 0 Å². The lowest BCUT2D eigenvalue weighted by Crippen LogP contribution is -2.26. The molecule has 18 heavy (non-hydrogen) atoms. The number of rotatable bonds is 2. The van der Waals surface area contributed by atoms with Crippen molar-refractivity contribution in [2.24, 2.45) is 11.3 Å². The summed E-state index contributed by atoms with van der Waals surface area (Å²) in [6, 6.07) is 2.04. The predicted molar refractivity (Wildman–Crippen MR) is 81.2 cm³/mol. The van der Waals surface area contributed by atoms with Gasteiger partial charge in [0.15, 0.2) is 0 Å². The van der Waals surface area contributed by atoms with Gasteiger partial charge in [-0.2, -0.15) is 0 Å². The molecule has 0 saturated heterocycles. The van der Waals surface area contributed by atoms with Crippen LogP contribution in [-0.2, 0) is 0 Å². The molecule has 1 aromatic rings. The van der Waals surface area contributed by atoms with Gasteiger partial charge in [0, 0.05) is 22.8 Å². The van der Waals surface area contributed by atoms with Crippen LogP contribution in [0.1, 0.15) is 39.2 Å². The lowest BCUT2D eigenvalue weighted by Gasteiger charge is -2.36. The highest BCUT2D eigenvalue weighted by Gasteiger charge is 2.30. The van der Waals surface area contributed by atoms with Gasteiger partial charge >= 0.3 is 0 Å². The molecule has 0 unspecified atom stereocenters. The minimum Gasteiger partial charge on any atom is -0.264 e. The maximum Gasteiger partial charge on any atom is 0.0431 e. The van der Waals surface area contributed by atoms with E-state index in [1.54, 1.807) is 0 Å². The Labute approximate surface area is 118 Å². The van der Waals surface area contributed by atoms with Gasteiger partial charge in [-0.05, 0) is 52.7 Å². The number of nitrogens with zero attached hydrogens (tertiary/aromatic N) is 1. The Bertz CT molecular complexity index is 486. The van der Waals surface area contributed by atoms with E-state index in [4.69, 9.17) is 0 Å². The Hall–Kier alpha value is -0.890. The summed E-state index contributed by atoms with van der Waals surface area (Å²) in [5.74, 6) is 0.534. The fourth-order valence-corrected chi connectivity index (χ4v) is 3.09. The largest absolute Gasteiger partial charge is 0.264 e. The normalized spacial score (nSPS) is 23.1. The van der Waals surface area contributed by atoms with Gasteiger partial charge in [0.2, 0.25) is 0 Å². The molecule has 1 aromatic heterocycles. The molecule has 0 fully saturated rings. The molecule has 0 spiro atoms. The van der Waals surface area contributed by atoms with E-state index in [1.807, 2.05) is 18.5 Å². The molecule has 1 heterocycles. The SMILES string of the molecule is CC1=CCCC(C)(C)[C@H]1/C=C/c1ccncc1Br. The van der Waals surface area contributed by atoms with Crippen LogP contribution in [0.3, 0.4) is 0 Å². The van der Waals surface area contributed by atoms with Crippen LogP contribution in [0.15, 0.2) is 40.7 Å². The second-order valence-corrected chi connectivity index (χ2v) is 6.56. The standard InChI is InChI=1S/C16H20BrN/c1-12-5-4-9-16(2,3)14(12)7-6-13-8-10-18-11-15(13)17/h5-8,10-11,14H,4,9H2,1-3H3/b7-6+/t14-/m0/s1. The average molecular weight is 306 g/mol. The molecule has 0 aromatic carbocycles. The third-order valence-electron chi connectivity index (χ3n) is 3.86. The first kappa shape index (κ1) is 13.5. The summed E-state index contributed by atoms with van der Waals surface area (Å²) >= 11 is 3.54. The molecule has 1 nitrogen and oxygen atoms in total. The maximum atomic E-state index is 4.09. The molecule has 0 N–H and O–H groups in total. The predicted octanol–water partition coefficient (Wildman–Crippen LogP) is 5.24. The van der Waals surface area contributed by atoms with Crippen LogP contribution >= 0.6 is 15.9 Å². The molecule has 1 aliphatic rings. The van der Waals surface area contributed by atoms with Crippen molar-refractivity contribution < 1.29 is 0 Å². The molecular weight excluding hydrogens is 286 g/mol. The minimum atomic E-state index is 0.356. The average Bonchev–Trinajstić information content (AvgIpc) is 2.30. The zero-order chi connectivity index (χ0) is 13.2. The van der Waals surface area contributed by atoms with Crippen LogP contribution in [-0.4, -0.2) is 4.98 Å². The monoisotopic (exact) mass is 305 g/mol. The molecule has 1 aliphatic carbocycles. The van der Waals surface area contributed by atoms with Gasteiger partial charge < -0.3 is 0 Å². The van der Waals surface area contributed by atoms with Crippen LogP contribution in [0.5, 0.6) is 0 Å². The third-order valence-corrected chi connectivity index (χ3v) is 4.52. The topological polar surface area (TPSA) is 12.9 Å². The van der Waals surface area contributed by atoms with Crippen molar-refractivity contribution in [1.82, 2.24) is 4.98 Å². The zero-order valence-electron chi connectivity index (χ0n) is 11.3. The van der Waals surface area contributed by atoms with Gasteiger partial charge in [0.25, 0.3) is 0 Å². The Morgan fingerprint density at radius 2 is 2.22 bits per heavy atom. The van der Waals surface area contributed by atoms with Gasteiger partial charge in [-0.3, -0.25) is 4.98 Å². The van der Waals surface area contributed by atoms with E-state index in [2.05, 4.69) is 59.9 Å². The number of allylic oxidation sites excluding steroid dienone is 3. The number of aromatic nitrogens is 1. The highest BCUT2D eigenvalue weighted by Crippen LogP contribution is 2.41. The molecule has 0 aliphatic heterocycles. The Morgan fingerprint density at radius 1 is 1.44 bits per heavy atom. The van der Waals surface area contributed by atoms with Crippen LogP contribution in [0.4, 0.5) is 0 Å². The Morgan fingerprint density at radius 3 is 2.89 bits per heavy atom. The van der Waals surface area contributed by atoms with Crippen molar-refractivity contribution in [2.75, 3.05) is 0 Å². The van der Waals surface area contributed by atoms with Crippen molar-refractivity contribution in [3.63, 3.8) is 0 Å². The summed E-state index contributed by atoms with van der Waals surface area (Å²) in [5, 5.41) is 0. The van der Waals surface area contributed by atoms with Crippen molar-refractivity contribution >= 4 is 22.0 Å². The Kier molecular flexibility index (Phi) is 4.06. The molecular formula is C16H20BrN. The number of pyridine rings is 1. The summed E-state index contributed by atoms with van der Waals surface area (Å²) in [4.78, 5) is 4.09. The fourth-order valence-electron chi connectivity index (χ4n) is 2.70. The first-order chi connectivity index (χ1) is 8.50. The zero-order valence-corrected chi connectivity index (χ0v) is 12.9. The van der Waals surface area contributed by atoms with Crippen LogP contribution < -0.4 is 0 Å². The minimum absolute atomic E-state index is 0.356. The lowest BCUT2D eigenvalue weighted by atomic mass is 9.68. The van der Waals surface area contributed by atoms with E-state index in [-0.39, 0.29) is 0 Å². The van der Waals surface area contributed by atoms with Crippen molar-refractivity contribution in [1.29, 1.82) is 0 Å². The summed E-state index contributed by atoms with van der Waals surface area (Å²) < 4.78 is 1.05. The molecule has 0 amide bonds. The molecule has 96 valence electrons. The van der Waals surface area contributed by atoms with Crippen molar-refractivity contribution in [3.05, 3.63) is 46.2 Å². The molecule has 1 atom stereocenters. The second-order valence-electron chi connectivity index (χ2n) is 5.71. The first-order valence-electron chi connectivity index (χ1n) is 6.45. The maximum absolute atomic E-state index is 4.09.